The lowest BCUT2D eigenvalue weighted by Gasteiger charge is -2.11. The minimum absolute atomic E-state index is 0.00509. The molecule has 0 aromatic heterocycles. The van der Waals surface area contributed by atoms with Gasteiger partial charge in [-0.25, -0.2) is 4.39 Å². The third kappa shape index (κ3) is 2.68. The number of nitrogens with one attached hydrogen (secondary N) is 1. The number of anilines is 1. The van der Waals surface area contributed by atoms with Crippen LogP contribution in [0.15, 0.2) is 12.1 Å². The SMILES string of the molecule is Cc1cc(F)c(N)cc1C(=O)NC(C)C. The van der Waals surface area contributed by atoms with E-state index < -0.39 is 5.82 Å². The summed E-state index contributed by atoms with van der Waals surface area (Å²) in [7, 11) is 0. The molecule has 0 aliphatic carbocycles. The molecule has 0 aliphatic heterocycles. The van der Waals surface area contributed by atoms with Crippen LogP contribution in [0.1, 0.15) is 29.8 Å². The van der Waals surface area contributed by atoms with Gasteiger partial charge in [0.05, 0.1) is 5.69 Å². The molecule has 0 spiro atoms. The van der Waals surface area contributed by atoms with Crippen molar-refractivity contribution in [2.45, 2.75) is 26.8 Å². The second-order valence-electron chi connectivity index (χ2n) is 3.82. The monoisotopic (exact) mass is 210 g/mol. The molecule has 1 amide bonds. The van der Waals surface area contributed by atoms with Crippen LogP contribution in [0.2, 0.25) is 0 Å². The number of nitrogen functional groups attached to an aromatic ring is 1. The van der Waals surface area contributed by atoms with Crippen molar-refractivity contribution < 1.29 is 9.18 Å². The van der Waals surface area contributed by atoms with Crippen LogP contribution in [0.3, 0.4) is 0 Å². The van der Waals surface area contributed by atoms with Gasteiger partial charge in [0.2, 0.25) is 0 Å². The molecular formula is C11H15FN2O. The van der Waals surface area contributed by atoms with E-state index in [1.807, 2.05) is 13.8 Å². The summed E-state index contributed by atoms with van der Waals surface area (Å²) in [4.78, 5) is 11.7. The van der Waals surface area contributed by atoms with Gasteiger partial charge in [-0.05, 0) is 38.5 Å². The molecule has 82 valence electrons. The highest BCUT2D eigenvalue weighted by atomic mass is 19.1. The van der Waals surface area contributed by atoms with Crippen molar-refractivity contribution in [1.82, 2.24) is 5.32 Å². The Bertz CT molecular complexity index is 388. The first kappa shape index (κ1) is 11.5. The lowest BCUT2D eigenvalue weighted by atomic mass is 10.1. The summed E-state index contributed by atoms with van der Waals surface area (Å²) in [6.07, 6.45) is 0. The van der Waals surface area contributed by atoms with Gasteiger partial charge in [0, 0.05) is 11.6 Å². The number of amides is 1. The van der Waals surface area contributed by atoms with E-state index in [0.717, 1.165) is 0 Å². The lowest BCUT2D eigenvalue weighted by molar-refractivity contribution is 0.0942. The van der Waals surface area contributed by atoms with Crippen molar-refractivity contribution in [1.29, 1.82) is 0 Å². The zero-order chi connectivity index (χ0) is 11.6. The molecule has 15 heavy (non-hydrogen) atoms. The van der Waals surface area contributed by atoms with E-state index >= 15 is 0 Å². The summed E-state index contributed by atoms with van der Waals surface area (Å²) in [6, 6.07) is 2.68. The molecule has 3 N–H and O–H groups in total. The van der Waals surface area contributed by atoms with Gasteiger partial charge in [-0.2, -0.15) is 0 Å². The van der Waals surface area contributed by atoms with Crippen LogP contribution >= 0.6 is 0 Å². The fraction of sp³-hybridized carbons (Fsp3) is 0.364. The molecule has 4 heteroatoms. The first-order valence-electron chi connectivity index (χ1n) is 4.78. The molecule has 0 unspecified atom stereocenters. The molecule has 0 aliphatic rings. The second kappa shape index (κ2) is 4.29. The summed E-state index contributed by atoms with van der Waals surface area (Å²) in [5, 5.41) is 2.73. The van der Waals surface area contributed by atoms with E-state index in [2.05, 4.69) is 5.32 Å². The summed E-state index contributed by atoms with van der Waals surface area (Å²) in [6.45, 7) is 5.40. The van der Waals surface area contributed by atoms with Crippen LogP contribution in [-0.4, -0.2) is 11.9 Å². The largest absolute Gasteiger partial charge is 0.396 e. The molecule has 1 rings (SSSR count). The molecule has 3 nitrogen and oxygen atoms in total. The van der Waals surface area contributed by atoms with E-state index in [9.17, 15) is 9.18 Å². The smallest absolute Gasteiger partial charge is 0.251 e. The van der Waals surface area contributed by atoms with Gasteiger partial charge in [-0.15, -0.1) is 0 Å². The average molecular weight is 210 g/mol. The molecule has 0 fully saturated rings. The van der Waals surface area contributed by atoms with Crippen molar-refractivity contribution in [3.8, 4) is 0 Å². The molecule has 0 saturated heterocycles. The Hall–Kier alpha value is -1.58. The van der Waals surface area contributed by atoms with Crippen molar-refractivity contribution >= 4 is 11.6 Å². The van der Waals surface area contributed by atoms with Crippen LogP contribution in [0.5, 0.6) is 0 Å². The summed E-state index contributed by atoms with van der Waals surface area (Å²) in [5.74, 6) is -0.720. The van der Waals surface area contributed by atoms with Crippen molar-refractivity contribution in [2.75, 3.05) is 5.73 Å². The predicted octanol–water partition coefficient (Wildman–Crippen LogP) is 1.85. The topological polar surface area (TPSA) is 55.1 Å². The molecule has 0 radical (unpaired) electrons. The van der Waals surface area contributed by atoms with Crippen LogP contribution in [0, 0.1) is 12.7 Å². The van der Waals surface area contributed by atoms with Gasteiger partial charge in [0.1, 0.15) is 5.82 Å². The zero-order valence-electron chi connectivity index (χ0n) is 9.10. The Morgan fingerprint density at radius 1 is 1.47 bits per heavy atom. The standard InChI is InChI=1S/C11H15FN2O/c1-6(2)14-11(15)8-5-10(13)9(12)4-7(8)3/h4-6H,13H2,1-3H3,(H,14,15). The maximum absolute atomic E-state index is 13.0. The molecular weight excluding hydrogens is 195 g/mol. The Morgan fingerprint density at radius 2 is 2.07 bits per heavy atom. The lowest BCUT2D eigenvalue weighted by Crippen LogP contribution is -2.30. The van der Waals surface area contributed by atoms with Gasteiger partial charge in [0.15, 0.2) is 0 Å². The minimum Gasteiger partial charge on any atom is -0.396 e. The average Bonchev–Trinajstić information content (AvgIpc) is 2.09. The molecule has 0 bridgehead atoms. The van der Waals surface area contributed by atoms with Gasteiger partial charge < -0.3 is 11.1 Å². The first-order valence-corrected chi connectivity index (χ1v) is 4.78. The normalized spacial score (nSPS) is 10.5. The third-order valence-electron chi connectivity index (χ3n) is 2.01. The van der Waals surface area contributed by atoms with Gasteiger partial charge >= 0.3 is 0 Å². The Labute approximate surface area is 88.5 Å². The van der Waals surface area contributed by atoms with Crippen LogP contribution in [0.25, 0.3) is 0 Å². The van der Waals surface area contributed by atoms with Gasteiger partial charge in [-0.3, -0.25) is 4.79 Å². The Morgan fingerprint density at radius 3 is 2.60 bits per heavy atom. The number of halogens is 1. The fourth-order valence-electron chi connectivity index (χ4n) is 1.27. The van der Waals surface area contributed by atoms with E-state index in [1.165, 1.54) is 12.1 Å². The fourth-order valence-corrected chi connectivity index (χ4v) is 1.27. The van der Waals surface area contributed by atoms with Crippen molar-refractivity contribution in [3.63, 3.8) is 0 Å². The quantitative estimate of drug-likeness (QED) is 0.732. The molecule has 0 heterocycles. The Kier molecular flexibility index (Phi) is 3.29. The van der Waals surface area contributed by atoms with Gasteiger partial charge in [-0.1, -0.05) is 0 Å². The maximum Gasteiger partial charge on any atom is 0.251 e. The van der Waals surface area contributed by atoms with E-state index in [-0.39, 0.29) is 17.6 Å². The molecule has 1 aromatic rings. The highest BCUT2D eigenvalue weighted by Gasteiger charge is 2.12. The number of carbonyl (C=O) groups excluding carboxylic acids is 1. The summed E-state index contributed by atoms with van der Waals surface area (Å²) < 4.78 is 13.0. The number of hydrogen-bond donors (Lipinski definition) is 2. The predicted molar refractivity (Wildman–Crippen MR) is 58.2 cm³/mol. The zero-order valence-corrected chi connectivity index (χ0v) is 9.10. The molecule has 0 atom stereocenters. The molecule has 0 saturated carbocycles. The van der Waals surface area contributed by atoms with E-state index in [1.54, 1.807) is 6.92 Å². The number of benzene rings is 1. The summed E-state index contributed by atoms with van der Waals surface area (Å²) in [5.41, 5.74) is 6.40. The van der Waals surface area contributed by atoms with Crippen molar-refractivity contribution in [2.24, 2.45) is 0 Å². The Balaban J connectivity index is 3.04. The number of hydrogen-bond acceptors (Lipinski definition) is 2. The number of nitrogens with two attached hydrogens (primary N) is 1. The van der Waals surface area contributed by atoms with Crippen LogP contribution in [-0.2, 0) is 0 Å². The second-order valence-corrected chi connectivity index (χ2v) is 3.82. The van der Waals surface area contributed by atoms with Crippen LogP contribution < -0.4 is 11.1 Å². The highest BCUT2D eigenvalue weighted by Crippen LogP contribution is 2.17. The van der Waals surface area contributed by atoms with E-state index in [4.69, 9.17) is 5.73 Å². The third-order valence-corrected chi connectivity index (χ3v) is 2.01. The number of aryl methyl sites for hydroxylation is 1. The summed E-state index contributed by atoms with van der Waals surface area (Å²) >= 11 is 0. The highest BCUT2D eigenvalue weighted by molar-refractivity contribution is 5.96. The van der Waals surface area contributed by atoms with Crippen molar-refractivity contribution in [3.05, 3.63) is 29.1 Å². The van der Waals surface area contributed by atoms with Crippen LogP contribution in [0.4, 0.5) is 10.1 Å². The maximum atomic E-state index is 13.0. The van der Waals surface area contributed by atoms with Gasteiger partial charge in [0.25, 0.3) is 5.91 Å². The number of rotatable bonds is 2. The van der Waals surface area contributed by atoms with E-state index in [0.29, 0.717) is 11.1 Å². The number of carbonyl (C=O) groups is 1. The minimum atomic E-state index is -0.492. The first-order chi connectivity index (χ1) is 6.91. The molecule has 1 aromatic carbocycles.